The minimum Gasteiger partial charge on any atom is -0.459 e. The molecule has 26 heavy (non-hydrogen) atoms. The second-order valence-electron chi connectivity index (χ2n) is 7.21. The normalized spacial score (nSPS) is 20.9. The van der Waals surface area contributed by atoms with Crippen LogP contribution in [-0.4, -0.2) is 71.6 Å². The maximum absolute atomic E-state index is 12.4. The van der Waals surface area contributed by atoms with E-state index in [2.05, 4.69) is 10.2 Å². The maximum Gasteiger partial charge on any atom is 0.289 e. The number of carbonyl (C=O) groups excluding carboxylic acids is 1. The highest BCUT2D eigenvalue weighted by molar-refractivity contribution is 5.91. The first-order valence-corrected chi connectivity index (χ1v) is 9.70. The Labute approximate surface area is 155 Å². The number of guanidine groups is 1. The first-order chi connectivity index (χ1) is 12.6. The Morgan fingerprint density at radius 3 is 2.54 bits per heavy atom. The average molecular weight is 362 g/mol. The molecular formula is C19H30N4O3. The molecule has 1 saturated heterocycles. The van der Waals surface area contributed by atoms with E-state index in [4.69, 9.17) is 9.41 Å². The van der Waals surface area contributed by atoms with Crippen molar-refractivity contribution in [3.05, 3.63) is 24.2 Å². The molecule has 0 radical (unpaired) electrons. The molecule has 0 atom stereocenters. The van der Waals surface area contributed by atoms with Gasteiger partial charge in [-0.3, -0.25) is 9.79 Å². The molecule has 144 valence electrons. The van der Waals surface area contributed by atoms with Gasteiger partial charge in [-0.2, -0.15) is 0 Å². The van der Waals surface area contributed by atoms with Crippen molar-refractivity contribution < 1.29 is 14.3 Å². The van der Waals surface area contributed by atoms with Crippen molar-refractivity contribution in [2.45, 2.75) is 44.6 Å². The fourth-order valence-corrected chi connectivity index (χ4v) is 3.69. The summed E-state index contributed by atoms with van der Waals surface area (Å²) >= 11 is 0. The van der Waals surface area contributed by atoms with E-state index in [0.29, 0.717) is 25.4 Å². The zero-order valence-electron chi connectivity index (χ0n) is 15.6. The lowest BCUT2D eigenvalue weighted by Crippen LogP contribution is -2.54. The fraction of sp³-hybridized carbons (Fsp3) is 0.684. The minimum atomic E-state index is -0.657. The van der Waals surface area contributed by atoms with Crippen molar-refractivity contribution in [2.75, 3.05) is 39.3 Å². The van der Waals surface area contributed by atoms with E-state index in [1.54, 1.807) is 12.1 Å². The molecule has 7 heteroatoms. The van der Waals surface area contributed by atoms with Gasteiger partial charge in [0.05, 0.1) is 18.4 Å². The number of aliphatic imine (C=N–C) groups is 1. The molecule has 3 rings (SSSR count). The monoisotopic (exact) mass is 362 g/mol. The summed E-state index contributed by atoms with van der Waals surface area (Å²) in [5.41, 5.74) is -0.657. The summed E-state index contributed by atoms with van der Waals surface area (Å²) in [6, 6.07) is 3.43. The quantitative estimate of drug-likeness (QED) is 0.629. The zero-order chi connectivity index (χ0) is 18.4. The van der Waals surface area contributed by atoms with E-state index >= 15 is 0 Å². The summed E-state index contributed by atoms with van der Waals surface area (Å²) in [7, 11) is 0. The highest BCUT2D eigenvalue weighted by Gasteiger charge is 2.30. The third-order valence-electron chi connectivity index (χ3n) is 5.24. The van der Waals surface area contributed by atoms with Crippen LogP contribution in [0.1, 0.15) is 49.6 Å². The standard InChI is InChI=1S/C19H30N4O3/c1-2-20-18(21-15-19(25)8-4-3-5-9-19)23-12-10-22(11-13-23)17(24)16-7-6-14-26-16/h6-7,14,25H,2-5,8-13,15H2,1H3,(H,20,21). The smallest absolute Gasteiger partial charge is 0.289 e. The van der Waals surface area contributed by atoms with Crippen molar-refractivity contribution in [3.63, 3.8) is 0 Å². The zero-order valence-corrected chi connectivity index (χ0v) is 15.6. The molecule has 1 aromatic rings. The lowest BCUT2D eigenvalue weighted by Gasteiger charge is -2.37. The van der Waals surface area contributed by atoms with Gasteiger partial charge in [-0.15, -0.1) is 0 Å². The van der Waals surface area contributed by atoms with E-state index in [9.17, 15) is 9.90 Å². The Morgan fingerprint density at radius 1 is 1.23 bits per heavy atom. The first kappa shape index (κ1) is 18.8. The highest BCUT2D eigenvalue weighted by Crippen LogP contribution is 2.28. The van der Waals surface area contributed by atoms with E-state index in [-0.39, 0.29) is 5.91 Å². The number of piperazine rings is 1. The number of hydrogen-bond donors (Lipinski definition) is 2. The number of nitrogens with one attached hydrogen (secondary N) is 1. The van der Waals surface area contributed by atoms with Gasteiger partial charge in [0.2, 0.25) is 0 Å². The Balaban J connectivity index is 1.57. The molecule has 0 spiro atoms. The SMILES string of the molecule is CCNC(=NCC1(O)CCCCC1)N1CCN(C(=O)c2ccco2)CC1. The summed E-state index contributed by atoms with van der Waals surface area (Å²) < 4.78 is 5.21. The van der Waals surface area contributed by atoms with Gasteiger partial charge in [-0.1, -0.05) is 19.3 Å². The van der Waals surface area contributed by atoms with Crippen LogP contribution in [0.2, 0.25) is 0 Å². The van der Waals surface area contributed by atoms with Crippen LogP contribution >= 0.6 is 0 Å². The van der Waals surface area contributed by atoms with Gasteiger partial charge >= 0.3 is 0 Å². The van der Waals surface area contributed by atoms with Crippen LogP contribution in [0.15, 0.2) is 27.8 Å². The number of carbonyl (C=O) groups is 1. The predicted octanol–water partition coefficient (Wildman–Crippen LogP) is 1.70. The molecule has 1 aromatic heterocycles. The number of furan rings is 1. The molecule has 2 fully saturated rings. The molecule has 2 aliphatic rings. The van der Waals surface area contributed by atoms with Crippen LogP contribution in [0.4, 0.5) is 0 Å². The topological polar surface area (TPSA) is 81.3 Å². The van der Waals surface area contributed by atoms with Crippen LogP contribution in [0.25, 0.3) is 0 Å². The largest absolute Gasteiger partial charge is 0.459 e. The highest BCUT2D eigenvalue weighted by atomic mass is 16.3. The van der Waals surface area contributed by atoms with Crippen molar-refractivity contribution in [2.24, 2.45) is 4.99 Å². The molecule has 7 nitrogen and oxygen atoms in total. The predicted molar refractivity (Wildman–Crippen MR) is 100 cm³/mol. The van der Waals surface area contributed by atoms with Crippen molar-refractivity contribution >= 4 is 11.9 Å². The fourth-order valence-electron chi connectivity index (χ4n) is 3.69. The van der Waals surface area contributed by atoms with Gasteiger partial charge in [0, 0.05) is 32.7 Å². The average Bonchev–Trinajstić information content (AvgIpc) is 3.20. The Hall–Kier alpha value is -2.02. The summed E-state index contributed by atoms with van der Waals surface area (Å²) in [5, 5.41) is 14.0. The van der Waals surface area contributed by atoms with Crippen LogP contribution < -0.4 is 5.32 Å². The molecule has 2 heterocycles. The van der Waals surface area contributed by atoms with E-state index < -0.39 is 5.60 Å². The van der Waals surface area contributed by atoms with Crippen LogP contribution in [-0.2, 0) is 0 Å². The number of rotatable bonds is 4. The maximum atomic E-state index is 12.4. The molecule has 1 amide bonds. The van der Waals surface area contributed by atoms with Gasteiger partial charge in [-0.05, 0) is 31.9 Å². The summed E-state index contributed by atoms with van der Waals surface area (Å²) in [6.45, 7) is 5.97. The second-order valence-corrected chi connectivity index (χ2v) is 7.21. The molecule has 1 aliphatic heterocycles. The van der Waals surface area contributed by atoms with Gasteiger partial charge < -0.3 is 24.6 Å². The lowest BCUT2D eigenvalue weighted by molar-refractivity contribution is 0.0129. The molecule has 2 N–H and O–H groups in total. The third kappa shape index (κ3) is 4.58. The van der Waals surface area contributed by atoms with E-state index in [1.165, 1.54) is 12.7 Å². The lowest BCUT2D eigenvalue weighted by atomic mass is 9.85. The van der Waals surface area contributed by atoms with Gasteiger partial charge in [-0.25, -0.2) is 0 Å². The van der Waals surface area contributed by atoms with Crippen LogP contribution in [0, 0.1) is 0 Å². The molecule has 0 bridgehead atoms. The van der Waals surface area contributed by atoms with Crippen LogP contribution in [0.3, 0.4) is 0 Å². The van der Waals surface area contributed by atoms with Gasteiger partial charge in [0.15, 0.2) is 11.7 Å². The van der Waals surface area contributed by atoms with Crippen molar-refractivity contribution in [3.8, 4) is 0 Å². The number of amides is 1. The van der Waals surface area contributed by atoms with Gasteiger partial charge in [0.1, 0.15) is 0 Å². The minimum absolute atomic E-state index is 0.0619. The number of aliphatic hydroxyl groups is 1. The number of hydrogen-bond acceptors (Lipinski definition) is 4. The summed E-state index contributed by atoms with van der Waals surface area (Å²) in [4.78, 5) is 21.1. The Kier molecular flexibility index (Phi) is 6.19. The molecule has 1 aliphatic carbocycles. The van der Waals surface area contributed by atoms with E-state index in [0.717, 1.165) is 51.3 Å². The molecule has 0 unspecified atom stereocenters. The first-order valence-electron chi connectivity index (χ1n) is 9.70. The second kappa shape index (κ2) is 8.58. The number of nitrogens with zero attached hydrogens (tertiary/aromatic N) is 3. The molecule has 0 aromatic carbocycles. The van der Waals surface area contributed by atoms with Crippen molar-refractivity contribution in [1.82, 2.24) is 15.1 Å². The molecular weight excluding hydrogens is 332 g/mol. The summed E-state index contributed by atoms with van der Waals surface area (Å²) in [5.74, 6) is 1.16. The third-order valence-corrected chi connectivity index (χ3v) is 5.24. The summed E-state index contributed by atoms with van der Waals surface area (Å²) in [6.07, 6.45) is 6.56. The Bertz CT molecular complexity index is 600. The van der Waals surface area contributed by atoms with E-state index in [1.807, 2.05) is 11.8 Å². The van der Waals surface area contributed by atoms with Gasteiger partial charge in [0.25, 0.3) is 5.91 Å². The molecule has 1 saturated carbocycles. The van der Waals surface area contributed by atoms with Crippen molar-refractivity contribution in [1.29, 1.82) is 0 Å². The Morgan fingerprint density at radius 2 is 1.92 bits per heavy atom. The van der Waals surface area contributed by atoms with Crippen LogP contribution in [0.5, 0.6) is 0 Å².